The van der Waals surface area contributed by atoms with Crippen molar-refractivity contribution < 1.29 is 18.7 Å². The molecule has 2 aromatic heterocycles. The summed E-state index contributed by atoms with van der Waals surface area (Å²) in [5, 5.41) is 2.78. The van der Waals surface area contributed by atoms with E-state index in [1.807, 2.05) is 48.1 Å². The first-order valence-electron chi connectivity index (χ1n) is 8.13. The van der Waals surface area contributed by atoms with Crippen LogP contribution in [0.4, 0.5) is 10.5 Å². The number of hydrogen-bond acceptors (Lipinski definition) is 3. The highest BCUT2D eigenvalue weighted by molar-refractivity contribution is 5.88. The predicted octanol–water partition coefficient (Wildman–Crippen LogP) is 2.45. The van der Waals surface area contributed by atoms with Crippen molar-refractivity contribution in [2.24, 2.45) is 7.05 Å². The van der Waals surface area contributed by atoms with E-state index in [1.165, 1.54) is 11.8 Å². The van der Waals surface area contributed by atoms with Crippen molar-refractivity contribution in [3.8, 4) is 17.0 Å². The van der Waals surface area contributed by atoms with Gasteiger partial charge in [-0.25, -0.2) is 13.8 Å². The second-order valence-corrected chi connectivity index (χ2v) is 6.22. The first-order valence-corrected chi connectivity index (χ1v) is 8.13. The number of fused-ring (bicyclic) bond motifs is 1. The fourth-order valence-corrected chi connectivity index (χ4v) is 2.67. The lowest BCUT2D eigenvalue weighted by Crippen LogP contribution is -2.25. The van der Waals surface area contributed by atoms with Gasteiger partial charge in [0.05, 0.1) is 12.7 Å². The van der Waals surface area contributed by atoms with Crippen LogP contribution in [-0.4, -0.2) is 35.6 Å². The number of ether oxygens (including phenoxy) is 1. The summed E-state index contributed by atoms with van der Waals surface area (Å²) in [7, 11) is 5.25. The Labute approximate surface area is 151 Å². The fraction of sp³-hybridized carbons (Fsp3) is 0.211. The van der Waals surface area contributed by atoms with Crippen LogP contribution in [0.5, 0.6) is 5.75 Å². The van der Waals surface area contributed by atoms with Crippen molar-refractivity contribution in [1.29, 1.82) is 0 Å². The Morgan fingerprint density at radius 2 is 1.77 bits per heavy atom. The zero-order valence-corrected chi connectivity index (χ0v) is 15.2. The van der Waals surface area contributed by atoms with Crippen molar-refractivity contribution in [2.45, 2.75) is 6.92 Å². The molecule has 0 atom stereocenters. The number of imidazole rings is 1. The summed E-state index contributed by atoms with van der Waals surface area (Å²) >= 11 is 0. The van der Waals surface area contributed by atoms with Gasteiger partial charge in [-0.3, -0.25) is 4.79 Å². The van der Waals surface area contributed by atoms with Crippen molar-refractivity contribution in [1.82, 2.24) is 9.47 Å². The molecule has 0 saturated carbocycles. The van der Waals surface area contributed by atoms with Gasteiger partial charge in [0.2, 0.25) is 5.91 Å². The molecule has 3 rings (SSSR count). The molecule has 0 aliphatic rings. The number of amides is 2. The van der Waals surface area contributed by atoms with Gasteiger partial charge in [0.15, 0.2) is 5.69 Å². The van der Waals surface area contributed by atoms with Gasteiger partial charge < -0.3 is 15.0 Å². The highest BCUT2D eigenvalue weighted by atomic mass is 16.6. The lowest BCUT2D eigenvalue weighted by molar-refractivity contribution is -0.509. The van der Waals surface area contributed by atoms with Gasteiger partial charge in [0.25, 0.3) is 5.65 Å². The molecule has 0 spiro atoms. The lowest BCUT2D eigenvalue weighted by atomic mass is 10.1. The molecule has 1 aromatic carbocycles. The molecule has 0 saturated heterocycles. The van der Waals surface area contributed by atoms with Gasteiger partial charge in [-0.05, 0) is 30.3 Å². The van der Waals surface area contributed by atoms with Gasteiger partial charge in [0.1, 0.15) is 18.1 Å². The Morgan fingerprint density at radius 3 is 2.38 bits per heavy atom. The highest BCUT2D eigenvalue weighted by Gasteiger charge is 2.17. The van der Waals surface area contributed by atoms with E-state index in [2.05, 4.69) is 9.88 Å². The summed E-state index contributed by atoms with van der Waals surface area (Å²) in [6.07, 6.45) is 3.44. The van der Waals surface area contributed by atoms with E-state index in [1.54, 1.807) is 26.2 Å². The summed E-state index contributed by atoms with van der Waals surface area (Å²) in [6, 6.07) is 11.2. The zero-order chi connectivity index (χ0) is 18.8. The molecule has 7 heteroatoms. The minimum atomic E-state index is -0.414. The molecule has 0 fully saturated rings. The Morgan fingerprint density at radius 1 is 1.08 bits per heavy atom. The summed E-state index contributed by atoms with van der Waals surface area (Å²) in [6.45, 7) is 1.48. The van der Waals surface area contributed by atoms with E-state index in [0.717, 1.165) is 22.6 Å². The first-order chi connectivity index (χ1) is 12.3. The summed E-state index contributed by atoms with van der Waals surface area (Å²) in [5.74, 6) is 0.385. The Hall–Kier alpha value is -3.35. The van der Waals surface area contributed by atoms with E-state index < -0.39 is 6.09 Å². The molecule has 2 amide bonds. The van der Waals surface area contributed by atoms with Gasteiger partial charge >= 0.3 is 6.09 Å². The third-order valence-corrected chi connectivity index (χ3v) is 3.96. The highest BCUT2D eigenvalue weighted by Crippen LogP contribution is 2.23. The van der Waals surface area contributed by atoms with Crippen LogP contribution in [0.15, 0.2) is 48.8 Å². The normalized spacial score (nSPS) is 10.6. The molecule has 134 valence electrons. The molecule has 7 nitrogen and oxygen atoms in total. The number of aromatic nitrogens is 2. The maximum absolute atomic E-state index is 11.6. The monoisotopic (exact) mass is 353 g/mol. The SMILES string of the molecule is CC(=O)Nc1ccc2n(C)c(-c3ccc(OC(=O)N(C)C)cc3)c[n+]2c1. The minimum absolute atomic E-state index is 0.107. The predicted molar refractivity (Wildman–Crippen MR) is 98.0 cm³/mol. The quantitative estimate of drug-likeness (QED) is 0.736. The topological polar surface area (TPSA) is 67.7 Å². The van der Waals surface area contributed by atoms with Crippen LogP contribution in [0, 0.1) is 0 Å². The van der Waals surface area contributed by atoms with E-state index in [0.29, 0.717) is 5.75 Å². The maximum atomic E-state index is 11.6. The maximum Gasteiger partial charge on any atom is 0.414 e. The van der Waals surface area contributed by atoms with Crippen LogP contribution in [-0.2, 0) is 11.8 Å². The van der Waals surface area contributed by atoms with Crippen LogP contribution in [0.1, 0.15) is 6.92 Å². The van der Waals surface area contributed by atoms with Crippen LogP contribution < -0.4 is 14.5 Å². The van der Waals surface area contributed by atoms with Crippen molar-refractivity contribution in [3.63, 3.8) is 0 Å². The average molecular weight is 353 g/mol. The number of carbonyl (C=O) groups is 2. The van der Waals surface area contributed by atoms with E-state index >= 15 is 0 Å². The smallest absolute Gasteiger partial charge is 0.410 e. The molecule has 3 aromatic rings. The molecule has 0 aliphatic heterocycles. The summed E-state index contributed by atoms with van der Waals surface area (Å²) < 4.78 is 9.26. The molecule has 0 aliphatic carbocycles. The molecule has 0 bridgehead atoms. The third-order valence-electron chi connectivity index (χ3n) is 3.96. The first kappa shape index (κ1) is 17.5. The molecule has 1 N–H and O–H groups in total. The molecule has 0 radical (unpaired) electrons. The van der Waals surface area contributed by atoms with Gasteiger partial charge in [-0.2, -0.15) is 0 Å². The number of pyridine rings is 1. The van der Waals surface area contributed by atoms with Crippen molar-refractivity contribution in [2.75, 3.05) is 19.4 Å². The molecule has 2 heterocycles. The number of rotatable bonds is 3. The summed E-state index contributed by atoms with van der Waals surface area (Å²) in [5.41, 5.74) is 3.70. The molecule has 0 unspecified atom stereocenters. The van der Waals surface area contributed by atoms with Crippen LogP contribution in [0.3, 0.4) is 0 Å². The lowest BCUT2D eigenvalue weighted by Gasteiger charge is -2.10. The number of anilines is 1. The Balaban J connectivity index is 1.91. The fourth-order valence-electron chi connectivity index (χ4n) is 2.67. The number of carbonyl (C=O) groups excluding carboxylic acids is 2. The van der Waals surface area contributed by atoms with Crippen LogP contribution in [0.2, 0.25) is 0 Å². The standard InChI is InChI=1S/C19H20N4O3/c1-13(24)20-15-7-10-18-22(4)17(12-23(18)11-15)14-5-8-16(9-6-14)26-19(25)21(2)3/h5-12H,1-4H3/p+1. The molecule has 26 heavy (non-hydrogen) atoms. The summed E-state index contributed by atoms with van der Waals surface area (Å²) in [4.78, 5) is 24.2. The zero-order valence-electron chi connectivity index (χ0n) is 15.2. The van der Waals surface area contributed by atoms with E-state index in [-0.39, 0.29) is 5.91 Å². The molecular weight excluding hydrogens is 332 g/mol. The third kappa shape index (κ3) is 3.51. The number of nitrogens with one attached hydrogen (secondary N) is 1. The number of nitrogens with zero attached hydrogens (tertiary/aromatic N) is 3. The van der Waals surface area contributed by atoms with Crippen molar-refractivity contribution >= 4 is 23.3 Å². The van der Waals surface area contributed by atoms with Gasteiger partial charge in [0, 0.05) is 32.6 Å². The average Bonchev–Trinajstić information content (AvgIpc) is 2.91. The minimum Gasteiger partial charge on any atom is -0.410 e. The van der Waals surface area contributed by atoms with Gasteiger partial charge in [-0.1, -0.05) is 0 Å². The largest absolute Gasteiger partial charge is 0.414 e. The van der Waals surface area contributed by atoms with Crippen LogP contribution >= 0.6 is 0 Å². The van der Waals surface area contributed by atoms with Crippen molar-refractivity contribution in [3.05, 3.63) is 48.8 Å². The van der Waals surface area contributed by atoms with E-state index in [9.17, 15) is 9.59 Å². The number of aryl methyl sites for hydroxylation is 1. The van der Waals surface area contributed by atoms with Crippen LogP contribution in [0.25, 0.3) is 16.9 Å². The Bertz CT molecular complexity index is 974. The number of benzene rings is 1. The molecular formula is C19H21N4O3+. The second-order valence-electron chi connectivity index (χ2n) is 6.22. The van der Waals surface area contributed by atoms with E-state index in [4.69, 9.17) is 4.74 Å². The number of hydrogen-bond donors (Lipinski definition) is 1. The second kappa shape index (κ2) is 6.87. The van der Waals surface area contributed by atoms with Gasteiger partial charge in [-0.15, -0.1) is 0 Å². The Kier molecular flexibility index (Phi) is 4.62.